The van der Waals surface area contributed by atoms with Crippen molar-refractivity contribution in [3.63, 3.8) is 0 Å². The summed E-state index contributed by atoms with van der Waals surface area (Å²) in [7, 11) is -0.363. The zero-order valence-corrected chi connectivity index (χ0v) is 14.0. The fourth-order valence-electron chi connectivity index (χ4n) is 2.53. The minimum atomic E-state index is -3.64. The zero-order chi connectivity index (χ0) is 16.3. The minimum absolute atomic E-state index is 0.0927. The molecule has 1 aliphatic rings. The predicted molar refractivity (Wildman–Crippen MR) is 85.3 cm³/mol. The standard InChI is InChI=1S/C15H23N3O3S/c1-11-14(8-5-9-16-11)17-22(20,21)13-7-4-6-12(10-13)15(19)18(2)3/h4,6-7,10-11,14,16-17H,5,8-9H2,1-3H3. The van der Waals surface area contributed by atoms with E-state index in [2.05, 4.69) is 10.0 Å². The van der Waals surface area contributed by atoms with E-state index in [4.69, 9.17) is 0 Å². The molecule has 2 atom stereocenters. The van der Waals surface area contributed by atoms with Crippen molar-refractivity contribution in [2.24, 2.45) is 0 Å². The molecule has 122 valence electrons. The SMILES string of the molecule is CC1NCCCC1NS(=O)(=O)c1cccc(C(=O)N(C)C)c1. The van der Waals surface area contributed by atoms with Gasteiger partial charge >= 0.3 is 0 Å². The van der Waals surface area contributed by atoms with Crippen LogP contribution >= 0.6 is 0 Å². The van der Waals surface area contributed by atoms with Crippen molar-refractivity contribution in [2.75, 3.05) is 20.6 Å². The molecule has 1 fully saturated rings. The zero-order valence-electron chi connectivity index (χ0n) is 13.2. The monoisotopic (exact) mass is 325 g/mol. The average Bonchev–Trinajstić information content (AvgIpc) is 2.48. The number of nitrogens with one attached hydrogen (secondary N) is 2. The van der Waals surface area contributed by atoms with E-state index < -0.39 is 10.0 Å². The lowest BCUT2D eigenvalue weighted by atomic mass is 10.0. The molecule has 7 heteroatoms. The molecule has 0 saturated carbocycles. The van der Waals surface area contributed by atoms with Crippen LogP contribution in [0.25, 0.3) is 0 Å². The van der Waals surface area contributed by atoms with E-state index in [1.54, 1.807) is 26.2 Å². The molecule has 6 nitrogen and oxygen atoms in total. The molecule has 0 aliphatic carbocycles. The summed E-state index contributed by atoms with van der Waals surface area (Å²) in [6, 6.07) is 6.10. The lowest BCUT2D eigenvalue weighted by molar-refractivity contribution is 0.0827. The largest absolute Gasteiger partial charge is 0.345 e. The van der Waals surface area contributed by atoms with Gasteiger partial charge in [0.15, 0.2) is 0 Å². The fraction of sp³-hybridized carbons (Fsp3) is 0.533. The third-order valence-electron chi connectivity index (χ3n) is 3.87. The van der Waals surface area contributed by atoms with Gasteiger partial charge in [-0.05, 0) is 44.5 Å². The number of benzene rings is 1. The molecule has 0 bridgehead atoms. The van der Waals surface area contributed by atoms with Crippen LogP contribution in [0, 0.1) is 0 Å². The van der Waals surface area contributed by atoms with Gasteiger partial charge in [-0.1, -0.05) is 6.07 Å². The summed E-state index contributed by atoms with van der Waals surface area (Å²) < 4.78 is 27.8. The third kappa shape index (κ3) is 3.85. The van der Waals surface area contributed by atoms with Gasteiger partial charge in [0.2, 0.25) is 10.0 Å². The van der Waals surface area contributed by atoms with Gasteiger partial charge in [-0.2, -0.15) is 0 Å². The molecule has 2 rings (SSSR count). The molecule has 1 aliphatic heterocycles. The van der Waals surface area contributed by atoms with E-state index >= 15 is 0 Å². The van der Waals surface area contributed by atoms with Gasteiger partial charge in [0, 0.05) is 31.7 Å². The molecule has 1 aromatic rings. The Morgan fingerprint density at radius 1 is 1.36 bits per heavy atom. The van der Waals surface area contributed by atoms with Gasteiger partial charge in [-0.15, -0.1) is 0 Å². The number of carbonyl (C=O) groups excluding carboxylic acids is 1. The van der Waals surface area contributed by atoms with Crippen molar-refractivity contribution in [1.82, 2.24) is 14.9 Å². The predicted octanol–water partition coefficient (Wildman–Crippen LogP) is 0.807. The van der Waals surface area contributed by atoms with Crippen molar-refractivity contribution in [3.05, 3.63) is 29.8 Å². The van der Waals surface area contributed by atoms with E-state index in [0.29, 0.717) is 5.56 Å². The highest BCUT2D eigenvalue weighted by molar-refractivity contribution is 7.89. The molecule has 0 aromatic heterocycles. The van der Waals surface area contributed by atoms with E-state index in [1.807, 2.05) is 6.92 Å². The quantitative estimate of drug-likeness (QED) is 0.858. The topological polar surface area (TPSA) is 78.5 Å². The second-order valence-electron chi connectivity index (χ2n) is 5.84. The van der Waals surface area contributed by atoms with Gasteiger partial charge in [0.05, 0.1) is 4.90 Å². The Bertz CT molecular complexity index is 643. The van der Waals surface area contributed by atoms with Crippen molar-refractivity contribution < 1.29 is 13.2 Å². The minimum Gasteiger partial charge on any atom is -0.345 e. The first-order chi connectivity index (χ1) is 10.3. The Morgan fingerprint density at radius 2 is 2.09 bits per heavy atom. The summed E-state index contributed by atoms with van der Waals surface area (Å²) in [5.74, 6) is -0.218. The molecule has 0 spiro atoms. The highest BCUT2D eigenvalue weighted by atomic mass is 32.2. The van der Waals surface area contributed by atoms with Crippen LogP contribution in [-0.4, -0.2) is 51.9 Å². The maximum atomic E-state index is 12.5. The molecule has 2 unspecified atom stereocenters. The molecule has 22 heavy (non-hydrogen) atoms. The van der Waals surface area contributed by atoms with Crippen LogP contribution in [0.2, 0.25) is 0 Å². The summed E-state index contributed by atoms with van der Waals surface area (Å²) in [5, 5.41) is 3.26. The third-order valence-corrected chi connectivity index (χ3v) is 5.35. The van der Waals surface area contributed by atoms with Crippen LogP contribution in [0.3, 0.4) is 0 Å². The highest BCUT2D eigenvalue weighted by Crippen LogP contribution is 2.16. The summed E-state index contributed by atoms with van der Waals surface area (Å²) in [4.78, 5) is 13.5. The Hall–Kier alpha value is -1.44. The lowest BCUT2D eigenvalue weighted by Gasteiger charge is -2.30. The van der Waals surface area contributed by atoms with Crippen LogP contribution in [0.4, 0.5) is 0 Å². The van der Waals surface area contributed by atoms with Crippen LogP contribution in [0.1, 0.15) is 30.1 Å². The van der Waals surface area contributed by atoms with Crippen LogP contribution in [0.15, 0.2) is 29.2 Å². The first-order valence-electron chi connectivity index (χ1n) is 7.38. The second kappa shape index (κ2) is 6.76. The smallest absolute Gasteiger partial charge is 0.253 e. The average molecular weight is 325 g/mol. The summed E-state index contributed by atoms with van der Waals surface area (Å²) in [5.41, 5.74) is 0.364. The van der Waals surface area contributed by atoms with Gasteiger partial charge < -0.3 is 10.2 Å². The van der Waals surface area contributed by atoms with Crippen molar-refractivity contribution in [2.45, 2.75) is 36.7 Å². The van der Waals surface area contributed by atoms with Crippen molar-refractivity contribution in [1.29, 1.82) is 0 Å². The Balaban J connectivity index is 2.22. The van der Waals surface area contributed by atoms with E-state index in [-0.39, 0.29) is 22.9 Å². The van der Waals surface area contributed by atoms with E-state index in [9.17, 15) is 13.2 Å². The van der Waals surface area contributed by atoms with Crippen LogP contribution in [-0.2, 0) is 10.0 Å². The number of carbonyl (C=O) groups is 1. The first-order valence-corrected chi connectivity index (χ1v) is 8.87. The Morgan fingerprint density at radius 3 is 2.73 bits per heavy atom. The Labute approximate surface area is 131 Å². The molecule has 1 aromatic carbocycles. The van der Waals surface area contributed by atoms with Crippen LogP contribution < -0.4 is 10.0 Å². The van der Waals surface area contributed by atoms with Gasteiger partial charge in [0.1, 0.15) is 0 Å². The lowest BCUT2D eigenvalue weighted by Crippen LogP contribution is -2.51. The van der Waals surface area contributed by atoms with Gasteiger partial charge in [0.25, 0.3) is 5.91 Å². The van der Waals surface area contributed by atoms with Crippen molar-refractivity contribution in [3.8, 4) is 0 Å². The van der Waals surface area contributed by atoms with Gasteiger partial charge in [-0.3, -0.25) is 4.79 Å². The molecular weight excluding hydrogens is 302 g/mol. The number of hydrogen-bond donors (Lipinski definition) is 2. The number of sulfonamides is 1. The number of amides is 1. The van der Waals surface area contributed by atoms with Crippen LogP contribution in [0.5, 0.6) is 0 Å². The summed E-state index contributed by atoms with van der Waals surface area (Å²) in [6.45, 7) is 2.88. The molecule has 1 saturated heterocycles. The van der Waals surface area contributed by atoms with E-state index in [0.717, 1.165) is 19.4 Å². The molecule has 1 heterocycles. The number of rotatable bonds is 4. The fourth-order valence-corrected chi connectivity index (χ4v) is 3.92. The first kappa shape index (κ1) is 16.9. The maximum absolute atomic E-state index is 12.5. The molecule has 1 amide bonds. The molecular formula is C15H23N3O3S. The second-order valence-corrected chi connectivity index (χ2v) is 7.55. The number of hydrogen-bond acceptors (Lipinski definition) is 4. The van der Waals surface area contributed by atoms with Crippen molar-refractivity contribution >= 4 is 15.9 Å². The summed E-state index contributed by atoms with van der Waals surface area (Å²) in [6.07, 6.45) is 1.75. The molecule has 0 radical (unpaired) electrons. The maximum Gasteiger partial charge on any atom is 0.253 e. The number of piperidine rings is 1. The normalized spacial score (nSPS) is 22.3. The number of nitrogens with zero attached hydrogens (tertiary/aromatic N) is 1. The highest BCUT2D eigenvalue weighted by Gasteiger charge is 2.27. The van der Waals surface area contributed by atoms with Gasteiger partial charge in [-0.25, -0.2) is 13.1 Å². The summed E-state index contributed by atoms with van der Waals surface area (Å²) >= 11 is 0. The Kier molecular flexibility index (Phi) is 5.20. The van der Waals surface area contributed by atoms with E-state index in [1.165, 1.54) is 17.0 Å². The molecule has 2 N–H and O–H groups in total.